The number of hydrogen-bond donors (Lipinski definition) is 0. The molecule has 0 fully saturated rings. The van der Waals surface area contributed by atoms with Crippen molar-refractivity contribution in [3.8, 4) is 6.07 Å². The van der Waals surface area contributed by atoms with E-state index in [9.17, 15) is 0 Å². The van der Waals surface area contributed by atoms with Gasteiger partial charge in [0.2, 0.25) is 0 Å². The third kappa shape index (κ3) is 9.07. The lowest BCUT2D eigenvalue weighted by Gasteiger charge is -2.03. The lowest BCUT2D eigenvalue weighted by atomic mass is 10.1. The van der Waals surface area contributed by atoms with Crippen LogP contribution in [0.25, 0.3) is 0 Å². The second-order valence-corrected chi connectivity index (χ2v) is 5.15. The summed E-state index contributed by atoms with van der Waals surface area (Å²) in [4.78, 5) is 1.12. The predicted octanol–water partition coefficient (Wildman–Crippen LogP) is 6.19. The molecule has 0 aliphatic carbocycles. The van der Waals surface area contributed by atoms with Crippen molar-refractivity contribution in [2.75, 3.05) is 6.61 Å². The van der Waals surface area contributed by atoms with E-state index in [1.165, 1.54) is 23.2 Å². The molecule has 0 spiro atoms. The standard InChI is InChI=1S/C16H15NOS.2C2H6/c1-13-2-8-16(9-3-13)19-18-11-10-14-4-6-15(12-17)7-5-14;2*1-2/h2-9H,10-11H2,1H3;2*1-2H3. The highest BCUT2D eigenvalue weighted by molar-refractivity contribution is 7.94. The van der Waals surface area contributed by atoms with Crippen LogP contribution in [0.4, 0.5) is 0 Å². The molecule has 0 amide bonds. The average Bonchev–Trinajstić information content (AvgIpc) is 2.64. The summed E-state index contributed by atoms with van der Waals surface area (Å²) in [7, 11) is 0. The minimum atomic E-state index is 0.657. The van der Waals surface area contributed by atoms with Gasteiger partial charge in [0.1, 0.15) is 0 Å². The van der Waals surface area contributed by atoms with Crippen molar-refractivity contribution in [2.45, 2.75) is 45.9 Å². The van der Waals surface area contributed by atoms with Gasteiger partial charge in [0.25, 0.3) is 0 Å². The fourth-order valence-corrected chi connectivity index (χ4v) is 2.16. The minimum Gasteiger partial charge on any atom is -0.310 e. The lowest BCUT2D eigenvalue weighted by Crippen LogP contribution is -1.93. The average molecular weight is 330 g/mol. The highest BCUT2D eigenvalue weighted by Crippen LogP contribution is 2.19. The number of hydrogen-bond acceptors (Lipinski definition) is 3. The largest absolute Gasteiger partial charge is 0.310 e. The maximum Gasteiger partial charge on any atom is 0.0991 e. The number of benzene rings is 2. The minimum absolute atomic E-state index is 0.657. The van der Waals surface area contributed by atoms with Crippen molar-refractivity contribution < 1.29 is 4.18 Å². The molecule has 0 N–H and O–H groups in total. The van der Waals surface area contributed by atoms with Crippen LogP contribution >= 0.6 is 12.0 Å². The van der Waals surface area contributed by atoms with Gasteiger partial charge in [0.15, 0.2) is 0 Å². The third-order valence-corrected chi connectivity index (χ3v) is 3.48. The van der Waals surface area contributed by atoms with Gasteiger partial charge in [-0.1, -0.05) is 57.5 Å². The first-order valence-electron chi connectivity index (χ1n) is 8.13. The Kier molecular flexibility index (Phi) is 12.8. The number of nitrogens with zero attached hydrogens (tertiary/aromatic N) is 1. The van der Waals surface area contributed by atoms with E-state index in [1.54, 1.807) is 0 Å². The molecule has 0 bridgehead atoms. The van der Waals surface area contributed by atoms with Crippen LogP contribution in [0.1, 0.15) is 44.4 Å². The van der Waals surface area contributed by atoms with Crippen LogP contribution in [0.15, 0.2) is 53.4 Å². The Morgan fingerprint density at radius 2 is 1.48 bits per heavy atom. The summed E-state index contributed by atoms with van der Waals surface area (Å²) in [5, 5.41) is 8.71. The van der Waals surface area contributed by atoms with E-state index in [0.29, 0.717) is 12.2 Å². The molecule has 0 aromatic heterocycles. The molecule has 0 aliphatic rings. The van der Waals surface area contributed by atoms with E-state index in [4.69, 9.17) is 9.44 Å². The second-order valence-electron chi connectivity index (χ2n) is 4.28. The van der Waals surface area contributed by atoms with E-state index in [2.05, 4.69) is 37.3 Å². The molecule has 2 aromatic rings. The van der Waals surface area contributed by atoms with Crippen molar-refractivity contribution in [2.24, 2.45) is 0 Å². The molecule has 2 nitrogen and oxygen atoms in total. The van der Waals surface area contributed by atoms with E-state index < -0.39 is 0 Å². The summed E-state index contributed by atoms with van der Waals surface area (Å²) in [5.74, 6) is 0. The van der Waals surface area contributed by atoms with Crippen LogP contribution < -0.4 is 0 Å². The first-order chi connectivity index (χ1) is 11.3. The van der Waals surface area contributed by atoms with E-state index in [-0.39, 0.29) is 0 Å². The highest BCUT2D eigenvalue weighted by Gasteiger charge is 1.97. The maximum absolute atomic E-state index is 8.71. The van der Waals surface area contributed by atoms with Gasteiger partial charge in [-0.3, -0.25) is 0 Å². The molecular formula is C20H27NOS. The molecule has 0 atom stereocenters. The zero-order valence-corrected chi connectivity index (χ0v) is 15.6. The molecule has 2 aromatic carbocycles. The summed E-state index contributed by atoms with van der Waals surface area (Å²) in [6, 6.07) is 18.0. The monoisotopic (exact) mass is 329 g/mol. The molecule has 124 valence electrons. The molecule has 23 heavy (non-hydrogen) atoms. The zero-order valence-electron chi connectivity index (χ0n) is 14.8. The fraction of sp³-hybridized carbons (Fsp3) is 0.350. The van der Waals surface area contributed by atoms with Crippen LogP contribution in [-0.4, -0.2) is 6.61 Å². The molecule has 0 unspecified atom stereocenters. The van der Waals surface area contributed by atoms with Crippen molar-refractivity contribution in [3.05, 3.63) is 65.2 Å². The topological polar surface area (TPSA) is 33.0 Å². The Morgan fingerprint density at radius 1 is 0.913 bits per heavy atom. The van der Waals surface area contributed by atoms with Crippen molar-refractivity contribution in [3.63, 3.8) is 0 Å². The fourth-order valence-electron chi connectivity index (χ4n) is 1.61. The lowest BCUT2D eigenvalue weighted by molar-refractivity contribution is 0.379. The van der Waals surface area contributed by atoms with Gasteiger partial charge < -0.3 is 4.18 Å². The zero-order chi connectivity index (χ0) is 17.5. The maximum atomic E-state index is 8.71. The van der Waals surface area contributed by atoms with Crippen molar-refractivity contribution in [1.29, 1.82) is 5.26 Å². The van der Waals surface area contributed by atoms with Crippen LogP contribution in [0, 0.1) is 18.3 Å². The summed E-state index contributed by atoms with van der Waals surface area (Å²) < 4.78 is 5.57. The molecule has 0 saturated heterocycles. The smallest absolute Gasteiger partial charge is 0.0991 e. The van der Waals surface area contributed by atoms with Crippen LogP contribution in [0.3, 0.4) is 0 Å². The Balaban J connectivity index is 0.00000112. The normalized spacial score (nSPS) is 8.87. The molecular weight excluding hydrogens is 302 g/mol. The molecule has 2 rings (SSSR count). The highest BCUT2D eigenvalue weighted by atomic mass is 32.2. The van der Waals surface area contributed by atoms with Crippen LogP contribution in [0.5, 0.6) is 0 Å². The van der Waals surface area contributed by atoms with E-state index >= 15 is 0 Å². The van der Waals surface area contributed by atoms with Crippen molar-refractivity contribution in [1.82, 2.24) is 0 Å². The summed E-state index contributed by atoms with van der Waals surface area (Å²) in [6.45, 7) is 10.7. The third-order valence-electron chi connectivity index (χ3n) is 2.73. The van der Waals surface area contributed by atoms with E-state index in [0.717, 1.165) is 11.3 Å². The summed E-state index contributed by atoms with van der Waals surface area (Å²) >= 11 is 1.40. The van der Waals surface area contributed by atoms with Crippen molar-refractivity contribution >= 4 is 12.0 Å². The molecule has 0 saturated carbocycles. The number of nitriles is 1. The van der Waals surface area contributed by atoms with Gasteiger partial charge in [-0.25, -0.2) is 0 Å². The Morgan fingerprint density at radius 3 is 2.00 bits per heavy atom. The summed E-state index contributed by atoms with van der Waals surface area (Å²) in [5.41, 5.74) is 3.13. The van der Waals surface area contributed by atoms with Gasteiger partial charge in [-0.05, 0) is 43.2 Å². The SMILES string of the molecule is CC.CC.Cc1ccc(SOCCc2ccc(C#N)cc2)cc1. The van der Waals surface area contributed by atoms with Crippen LogP contribution in [0.2, 0.25) is 0 Å². The number of rotatable bonds is 5. The van der Waals surface area contributed by atoms with E-state index in [1.807, 2.05) is 52.0 Å². The Labute approximate surface area is 145 Å². The number of aryl methyl sites for hydroxylation is 1. The Hall–Kier alpha value is -1.76. The first-order valence-corrected chi connectivity index (χ1v) is 8.87. The Bertz CT molecular complexity index is 556. The molecule has 0 heterocycles. The summed E-state index contributed by atoms with van der Waals surface area (Å²) in [6.07, 6.45) is 0.852. The van der Waals surface area contributed by atoms with Gasteiger partial charge in [0, 0.05) is 16.9 Å². The second kappa shape index (κ2) is 13.9. The van der Waals surface area contributed by atoms with Gasteiger partial charge >= 0.3 is 0 Å². The van der Waals surface area contributed by atoms with Crippen LogP contribution in [-0.2, 0) is 10.6 Å². The molecule has 3 heteroatoms. The predicted molar refractivity (Wildman–Crippen MR) is 101 cm³/mol. The molecule has 0 radical (unpaired) electrons. The first kappa shape index (κ1) is 21.2. The van der Waals surface area contributed by atoms with Gasteiger partial charge in [-0.2, -0.15) is 5.26 Å². The van der Waals surface area contributed by atoms with Gasteiger partial charge in [0.05, 0.1) is 18.2 Å². The molecule has 0 aliphatic heterocycles. The van der Waals surface area contributed by atoms with Gasteiger partial charge in [-0.15, -0.1) is 0 Å². The quantitative estimate of drug-likeness (QED) is 0.484.